The number of nitrogens with two attached hydrogens (primary N) is 1. The molecule has 1 saturated carbocycles. The van der Waals surface area contributed by atoms with E-state index in [1.54, 1.807) is 0 Å². The molecule has 4 heteroatoms. The summed E-state index contributed by atoms with van der Waals surface area (Å²) in [6, 6.07) is 0.298. The fourth-order valence-corrected chi connectivity index (χ4v) is 2.12. The van der Waals surface area contributed by atoms with Crippen LogP contribution in [0, 0.1) is 13.8 Å². The first-order valence-corrected chi connectivity index (χ1v) is 5.95. The molecule has 1 fully saturated rings. The predicted molar refractivity (Wildman–Crippen MR) is 61.0 cm³/mol. The Morgan fingerprint density at radius 1 is 1.44 bits per heavy atom. The summed E-state index contributed by atoms with van der Waals surface area (Å²) in [6.07, 6.45) is 4.62. The first-order valence-electron chi connectivity index (χ1n) is 5.95. The minimum Gasteiger partial charge on any atom is -0.443 e. The standard InChI is InChI=1S/C12H20N2O2/c1-8-9(2)16-12(14-8)7-15-11-5-3-4-10(13)6-11/h10-11H,3-7,13H2,1-2H3. The number of hydrogen-bond acceptors (Lipinski definition) is 4. The van der Waals surface area contributed by atoms with E-state index in [1.165, 1.54) is 0 Å². The normalized spacial score (nSPS) is 25.9. The molecular weight excluding hydrogens is 204 g/mol. The monoisotopic (exact) mass is 224 g/mol. The maximum absolute atomic E-state index is 5.90. The van der Waals surface area contributed by atoms with Gasteiger partial charge in [0.25, 0.3) is 0 Å². The van der Waals surface area contributed by atoms with E-state index in [1.807, 2.05) is 13.8 Å². The Balaban J connectivity index is 1.82. The van der Waals surface area contributed by atoms with Crippen LogP contribution in [0.1, 0.15) is 43.0 Å². The molecular formula is C12H20N2O2. The second-order valence-corrected chi connectivity index (χ2v) is 4.61. The molecule has 2 N–H and O–H groups in total. The zero-order valence-electron chi connectivity index (χ0n) is 10.0. The second kappa shape index (κ2) is 4.97. The Hall–Kier alpha value is -0.870. The lowest BCUT2D eigenvalue weighted by Crippen LogP contribution is -2.32. The number of aryl methyl sites for hydroxylation is 2. The molecule has 2 unspecified atom stereocenters. The molecule has 0 saturated heterocycles. The van der Waals surface area contributed by atoms with E-state index < -0.39 is 0 Å². The molecule has 16 heavy (non-hydrogen) atoms. The van der Waals surface area contributed by atoms with Gasteiger partial charge in [0.05, 0.1) is 11.8 Å². The van der Waals surface area contributed by atoms with Gasteiger partial charge in [0.1, 0.15) is 12.4 Å². The average molecular weight is 224 g/mol. The van der Waals surface area contributed by atoms with Crippen LogP contribution in [-0.2, 0) is 11.3 Å². The van der Waals surface area contributed by atoms with Crippen molar-refractivity contribution in [3.05, 3.63) is 17.3 Å². The molecule has 90 valence electrons. The number of oxazole rings is 1. The number of nitrogens with zero attached hydrogens (tertiary/aromatic N) is 1. The van der Waals surface area contributed by atoms with Gasteiger partial charge in [0.15, 0.2) is 0 Å². The van der Waals surface area contributed by atoms with E-state index in [0.29, 0.717) is 18.5 Å². The summed E-state index contributed by atoms with van der Waals surface area (Å²) in [5.41, 5.74) is 6.85. The highest BCUT2D eigenvalue weighted by Crippen LogP contribution is 2.21. The van der Waals surface area contributed by atoms with Crippen LogP contribution in [0.5, 0.6) is 0 Å². The first-order chi connectivity index (χ1) is 7.65. The lowest BCUT2D eigenvalue weighted by Gasteiger charge is -2.26. The van der Waals surface area contributed by atoms with Crippen LogP contribution in [0.25, 0.3) is 0 Å². The summed E-state index contributed by atoms with van der Waals surface area (Å²) >= 11 is 0. The van der Waals surface area contributed by atoms with Crippen molar-refractivity contribution in [2.75, 3.05) is 0 Å². The topological polar surface area (TPSA) is 61.3 Å². The molecule has 1 aromatic heterocycles. The summed E-state index contributed by atoms with van der Waals surface area (Å²) in [4.78, 5) is 4.29. The Morgan fingerprint density at radius 2 is 2.25 bits per heavy atom. The van der Waals surface area contributed by atoms with Crippen molar-refractivity contribution in [1.29, 1.82) is 0 Å². The second-order valence-electron chi connectivity index (χ2n) is 4.61. The molecule has 2 atom stereocenters. The van der Waals surface area contributed by atoms with Gasteiger partial charge in [-0.05, 0) is 39.5 Å². The highest BCUT2D eigenvalue weighted by atomic mass is 16.5. The van der Waals surface area contributed by atoms with E-state index in [-0.39, 0.29) is 6.10 Å². The van der Waals surface area contributed by atoms with Crippen molar-refractivity contribution in [2.24, 2.45) is 5.73 Å². The maximum atomic E-state index is 5.90. The van der Waals surface area contributed by atoms with E-state index >= 15 is 0 Å². The largest absolute Gasteiger partial charge is 0.443 e. The molecule has 0 aliphatic heterocycles. The van der Waals surface area contributed by atoms with Crippen molar-refractivity contribution in [3.63, 3.8) is 0 Å². The Kier molecular flexibility index (Phi) is 3.61. The smallest absolute Gasteiger partial charge is 0.220 e. The van der Waals surface area contributed by atoms with E-state index in [9.17, 15) is 0 Å². The van der Waals surface area contributed by atoms with Gasteiger partial charge in [-0.25, -0.2) is 4.98 Å². The van der Waals surface area contributed by atoms with E-state index in [0.717, 1.165) is 37.1 Å². The summed E-state index contributed by atoms with van der Waals surface area (Å²) < 4.78 is 11.2. The Labute approximate surface area is 96.2 Å². The molecule has 0 radical (unpaired) electrons. The molecule has 1 aromatic rings. The molecule has 0 aromatic carbocycles. The number of aromatic nitrogens is 1. The van der Waals surface area contributed by atoms with Gasteiger partial charge in [-0.1, -0.05) is 0 Å². The van der Waals surface area contributed by atoms with Gasteiger partial charge in [-0.3, -0.25) is 0 Å². The van der Waals surface area contributed by atoms with E-state index in [2.05, 4.69) is 4.98 Å². The fraction of sp³-hybridized carbons (Fsp3) is 0.750. The molecule has 1 heterocycles. The van der Waals surface area contributed by atoms with Crippen LogP contribution in [-0.4, -0.2) is 17.1 Å². The predicted octanol–water partition coefficient (Wildman–Crippen LogP) is 2.08. The third kappa shape index (κ3) is 2.83. The molecule has 0 amide bonds. The Bertz CT molecular complexity index is 329. The number of ether oxygens (including phenoxy) is 1. The molecule has 0 spiro atoms. The van der Waals surface area contributed by atoms with Crippen LogP contribution < -0.4 is 5.73 Å². The molecule has 1 aliphatic rings. The third-order valence-corrected chi connectivity index (χ3v) is 3.18. The van der Waals surface area contributed by atoms with Gasteiger partial charge >= 0.3 is 0 Å². The quantitative estimate of drug-likeness (QED) is 0.853. The molecule has 2 rings (SSSR count). The third-order valence-electron chi connectivity index (χ3n) is 3.18. The summed E-state index contributed by atoms with van der Waals surface area (Å²) in [5, 5.41) is 0. The van der Waals surface area contributed by atoms with Gasteiger partial charge in [0, 0.05) is 6.04 Å². The zero-order chi connectivity index (χ0) is 11.5. The maximum Gasteiger partial charge on any atom is 0.220 e. The van der Waals surface area contributed by atoms with Crippen LogP contribution in [0.15, 0.2) is 4.42 Å². The van der Waals surface area contributed by atoms with Gasteiger partial charge in [-0.15, -0.1) is 0 Å². The van der Waals surface area contributed by atoms with E-state index in [4.69, 9.17) is 14.9 Å². The van der Waals surface area contributed by atoms with Crippen molar-refractivity contribution in [3.8, 4) is 0 Å². The van der Waals surface area contributed by atoms with Crippen LogP contribution in [0.4, 0.5) is 0 Å². The van der Waals surface area contributed by atoms with Crippen molar-refractivity contribution in [1.82, 2.24) is 4.98 Å². The van der Waals surface area contributed by atoms with Crippen molar-refractivity contribution >= 4 is 0 Å². The van der Waals surface area contributed by atoms with Crippen molar-refractivity contribution in [2.45, 2.75) is 58.3 Å². The minimum atomic E-state index is 0.274. The van der Waals surface area contributed by atoms with Gasteiger partial charge in [-0.2, -0.15) is 0 Å². The first kappa shape index (κ1) is 11.6. The summed E-state index contributed by atoms with van der Waals surface area (Å²) in [5.74, 6) is 1.55. The Morgan fingerprint density at radius 3 is 2.88 bits per heavy atom. The van der Waals surface area contributed by atoms with Crippen molar-refractivity contribution < 1.29 is 9.15 Å². The highest BCUT2D eigenvalue weighted by Gasteiger charge is 2.20. The summed E-state index contributed by atoms with van der Waals surface area (Å²) in [6.45, 7) is 4.33. The van der Waals surface area contributed by atoms with Crippen LogP contribution >= 0.6 is 0 Å². The average Bonchev–Trinajstić information content (AvgIpc) is 2.56. The van der Waals surface area contributed by atoms with Crippen LogP contribution in [0.3, 0.4) is 0 Å². The van der Waals surface area contributed by atoms with Gasteiger partial charge < -0.3 is 14.9 Å². The lowest BCUT2D eigenvalue weighted by molar-refractivity contribution is 0.00219. The molecule has 0 bridgehead atoms. The SMILES string of the molecule is Cc1nc(COC2CCCC(N)C2)oc1C. The van der Waals surface area contributed by atoms with Crippen LogP contribution in [0.2, 0.25) is 0 Å². The molecule has 1 aliphatic carbocycles. The fourth-order valence-electron chi connectivity index (χ4n) is 2.12. The van der Waals surface area contributed by atoms with Gasteiger partial charge in [0.2, 0.25) is 5.89 Å². The lowest BCUT2D eigenvalue weighted by atomic mass is 9.94. The summed E-state index contributed by atoms with van der Waals surface area (Å²) in [7, 11) is 0. The highest BCUT2D eigenvalue weighted by molar-refractivity contribution is 5.04. The molecule has 4 nitrogen and oxygen atoms in total. The minimum absolute atomic E-state index is 0.274. The number of hydrogen-bond donors (Lipinski definition) is 1. The zero-order valence-corrected chi connectivity index (χ0v) is 10.0. The number of rotatable bonds is 3.